The number of nitrogens with one attached hydrogen (secondary N) is 1. The number of nitrogens with zero attached hydrogens (tertiary/aromatic N) is 1. The van der Waals surface area contributed by atoms with Gasteiger partial charge in [-0.25, -0.2) is 4.39 Å². The van der Waals surface area contributed by atoms with E-state index in [0.29, 0.717) is 35.0 Å². The van der Waals surface area contributed by atoms with Gasteiger partial charge in [0.2, 0.25) is 0 Å². The fourth-order valence-corrected chi connectivity index (χ4v) is 4.89. The van der Waals surface area contributed by atoms with Crippen molar-refractivity contribution < 1.29 is 18.7 Å². The molecule has 4 rings (SSSR count). The molecule has 8 heteroatoms. The van der Waals surface area contributed by atoms with Crippen molar-refractivity contribution in [3.05, 3.63) is 57.9 Å². The predicted octanol–water partition coefficient (Wildman–Crippen LogP) is 6.69. The van der Waals surface area contributed by atoms with Crippen LogP contribution in [0.4, 0.5) is 4.39 Å². The number of rotatable bonds is 9. The standard InChI is InChI=1S/C25H30ClFN2O3S.C2H6/c1-31-23-6-3-17(11-21(23)26)14-29-9-7-16(8-10-29)15-32-24-13-22(27)20(25(30)28-33-2)12-19(24)18-4-5-18;1-2/h3,6,11-13,16,18H,4-5,7-10,14-15H2,1-2H3,(H,28,30);1-2H3. The molecule has 1 saturated heterocycles. The minimum atomic E-state index is -0.533. The molecule has 2 fully saturated rings. The van der Waals surface area contributed by atoms with Crippen LogP contribution >= 0.6 is 23.5 Å². The maximum atomic E-state index is 14.6. The van der Waals surface area contributed by atoms with Gasteiger partial charge < -0.3 is 9.47 Å². The molecule has 192 valence electrons. The van der Waals surface area contributed by atoms with Crippen molar-refractivity contribution in [3.63, 3.8) is 0 Å². The molecule has 0 bridgehead atoms. The summed E-state index contributed by atoms with van der Waals surface area (Å²) in [6, 6.07) is 9.00. The average molecular weight is 523 g/mol. The number of piperidine rings is 1. The Morgan fingerprint density at radius 2 is 1.86 bits per heavy atom. The topological polar surface area (TPSA) is 50.8 Å². The van der Waals surface area contributed by atoms with Crippen LogP contribution in [0.2, 0.25) is 5.02 Å². The molecule has 2 aromatic rings. The van der Waals surface area contributed by atoms with Gasteiger partial charge in [0.1, 0.15) is 17.3 Å². The Kier molecular flexibility index (Phi) is 10.6. The third-order valence-electron chi connectivity index (χ3n) is 6.36. The van der Waals surface area contributed by atoms with Crippen LogP contribution in [0.3, 0.4) is 0 Å². The van der Waals surface area contributed by atoms with Gasteiger partial charge in [0.15, 0.2) is 0 Å². The van der Waals surface area contributed by atoms with Crippen LogP contribution in [-0.4, -0.2) is 43.9 Å². The van der Waals surface area contributed by atoms with Gasteiger partial charge in [0, 0.05) is 18.9 Å². The number of methoxy groups -OCH3 is 1. The molecule has 1 aliphatic heterocycles. The van der Waals surface area contributed by atoms with E-state index in [1.807, 2.05) is 26.0 Å². The second-order valence-corrected chi connectivity index (χ2v) is 9.80. The summed E-state index contributed by atoms with van der Waals surface area (Å²) in [5.41, 5.74) is 2.22. The van der Waals surface area contributed by atoms with E-state index in [0.717, 1.165) is 50.9 Å². The van der Waals surface area contributed by atoms with E-state index in [9.17, 15) is 9.18 Å². The molecule has 1 aliphatic carbocycles. The minimum absolute atomic E-state index is 0.0885. The molecule has 1 N–H and O–H groups in total. The summed E-state index contributed by atoms with van der Waals surface area (Å²) in [5.74, 6) is 1.13. The van der Waals surface area contributed by atoms with Gasteiger partial charge in [-0.05, 0) is 79.9 Å². The summed E-state index contributed by atoms with van der Waals surface area (Å²) < 4.78 is 28.6. The molecule has 1 amide bonds. The third kappa shape index (κ3) is 7.51. The lowest BCUT2D eigenvalue weighted by molar-refractivity contribution is 0.0980. The van der Waals surface area contributed by atoms with Gasteiger partial charge in [-0.2, -0.15) is 0 Å². The van der Waals surface area contributed by atoms with Gasteiger partial charge in [-0.15, -0.1) is 0 Å². The number of carbonyl (C=O) groups excluding carboxylic acids is 1. The predicted molar refractivity (Wildman–Crippen MR) is 142 cm³/mol. The fourth-order valence-electron chi connectivity index (χ4n) is 4.32. The number of carbonyl (C=O) groups is 1. The van der Waals surface area contributed by atoms with Gasteiger partial charge in [-0.1, -0.05) is 43.5 Å². The maximum absolute atomic E-state index is 14.6. The number of likely N-dealkylation sites (tertiary alicyclic amines) is 1. The van der Waals surface area contributed by atoms with Crippen molar-refractivity contribution in [3.8, 4) is 11.5 Å². The lowest BCUT2D eigenvalue weighted by atomic mass is 9.97. The number of hydrogen-bond acceptors (Lipinski definition) is 5. The largest absolute Gasteiger partial charge is 0.495 e. The monoisotopic (exact) mass is 522 g/mol. The van der Waals surface area contributed by atoms with Crippen molar-refractivity contribution in [2.24, 2.45) is 5.92 Å². The molecule has 2 aliphatic rings. The molecule has 0 radical (unpaired) electrons. The third-order valence-corrected chi connectivity index (χ3v) is 7.05. The fraction of sp³-hybridized carbons (Fsp3) is 0.519. The Balaban J connectivity index is 0.00000167. The molecule has 35 heavy (non-hydrogen) atoms. The van der Waals surface area contributed by atoms with E-state index in [4.69, 9.17) is 21.1 Å². The van der Waals surface area contributed by atoms with Gasteiger partial charge in [-0.3, -0.25) is 14.4 Å². The summed E-state index contributed by atoms with van der Waals surface area (Å²) in [7, 11) is 1.62. The zero-order valence-electron chi connectivity index (χ0n) is 21.0. The molecule has 0 spiro atoms. The van der Waals surface area contributed by atoms with Crippen molar-refractivity contribution in [1.82, 2.24) is 9.62 Å². The second-order valence-electron chi connectivity index (χ2n) is 8.78. The van der Waals surface area contributed by atoms with Crippen LogP contribution in [0.1, 0.15) is 66.9 Å². The quantitative estimate of drug-likeness (QED) is 0.372. The summed E-state index contributed by atoms with van der Waals surface area (Å²) in [5, 5.41) is 0.633. The number of ether oxygens (including phenoxy) is 2. The SMILES string of the molecule is CC.COc1ccc(CN2CCC(COc3cc(F)c(C(=O)NSC)cc3C3CC3)CC2)cc1Cl. The molecule has 1 saturated carbocycles. The van der Waals surface area contributed by atoms with Crippen molar-refractivity contribution in [2.45, 2.75) is 52.0 Å². The Hall–Kier alpha value is -1.96. The van der Waals surface area contributed by atoms with Crippen LogP contribution in [0.15, 0.2) is 30.3 Å². The molecule has 5 nitrogen and oxygen atoms in total. The highest BCUT2D eigenvalue weighted by Gasteiger charge is 2.30. The van der Waals surface area contributed by atoms with E-state index in [1.54, 1.807) is 19.4 Å². The first kappa shape index (κ1) is 27.6. The number of hydrogen-bond donors (Lipinski definition) is 1. The number of halogens is 2. The summed E-state index contributed by atoms with van der Waals surface area (Å²) in [6.45, 7) is 7.39. The average Bonchev–Trinajstić information content (AvgIpc) is 3.70. The molecule has 2 aromatic carbocycles. The zero-order chi connectivity index (χ0) is 25.4. The van der Waals surface area contributed by atoms with E-state index in [2.05, 4.69) is 15.7 Å². The Morgan fingerprint density at radius 1 is 1.14 bits per heavy atom. The van der Waals surface area contributed by atoms with Gasteiger partial charge in [0.05, 0.1) is 24.3 Å². The van der Waals surface area contributed by atoms with Crippen LogP contribution in [-0.2, 0) is 6.54 Å². The highest BCUT2D eigenvalue weighted by Crippen LogP contribution is 2.45. The van der Waals surface area contributed by atoms with Crippen molar-refractivity contribution in [2.75, 3.05) is 33.1 Å². The Bertz CT molecular complexity index is 995. The summed E-state index contributed by atoms with van der Waals surface area (Å²) in [6.07, 6.45) is 5.91. The highest BCUT2D eigenvalue weighted by atomic mass is 35.5. The smallest absolute Gasteiger partial charge is 0.264 e. The summed E-state index contributed by atoms with van der Waals surface area (Å²) >= 11 is 7.42. The molecule has 0 aromatic heterocycles. The molecule has 1 heterocycles. The van der Waals surface area contributed by atoms with Crippen LogP contribution in [0, 0.1) is 11.7 Å². The minimum Gasteiger partial charge on any atom is -0.495 e. The normalized spacial score (nSPS) is 16.3. The zero-order valence-corrected chi connectivity index (χ0v) is 22.6. The first-order valence-corrected chi connectivity index (χ1v) is 13.9. The highest BCUT2D eigenvalue weighted by molar-refractivity contribution is 7.97. The Morgan fingerprint density at radius 3 is 2.46 bits per heavy atom. The summed E-state index contributed by atoms with van der Waals surface area (Å²) in [4.78, 5) is 14.6. The number of benzene rings is 2. The molecular weight excluding hydrogens is 487 g/mol. The maximum Gasteiger partial charge on any atom is 0.264 e. The Labute approximate surface area is 217 Å². The van der Waals surface area contributed by atoms with Crippen LogP contribution in [0.5, 0.6) is 11.5 Å². The lowest BCUT2D eigenvalue weighted by Crippen LogP contribution is -2.35. The first-order valence-electron chi connectivity index (χ1n) is 12.3. The lowest BCUT2D eigenvalue weighted by Gasteiger charge is -2.32. The van der Waals surface area contributed by atoms with E-state index in [-0.39, 0.29) is 5.56 Å². The second kappa shape index (κ2) is 13.4. The van der Waals surface area contributed by atoms with Gasteiger partial charge in [0.25, 0.3) is 5.91 Å². The van der Waals surface area contributed by atoms with Crippen molar-refractivity contribution >= 4 is 29.5 Å². The van der Waals surface area contributed by atoms with E-state index < -0.39 is 11.7 Å². The van der Waals surface area contributed by atoms with Crippen LogP contribution in [0.25, 0.3) is 0 Å². The number of amides is 1. The first-order chi connectivity index (χ1) is 17.0. The van der Waals surface area contributed by atoms with E-state index in [1.165, 1.54) is 23.6 Å². The van der Waals surface area contributed by atoms with Crippen molar-refractivity contribution in [1.29, 1.82) is 0 Å². The van der Waals surface area contributed by atoms with E-state index >= 15 is 0 Å². The van der Waals surface area contributed by atoms with Crippen LogP contribution < -0.4 is 14.2 Å². The van der Waals surface area contributed by atoms with Gasteiger partial charge >= 0.3 is 0 Å². The molecule has 0 atom stereocenters. The molecular formula is C27H36ClFN2O3S. The molecule has 0 unspecified atom stereocenters.